The molecule has 0 saturated carbocycles. The lowest BCUT2D eigenvalue weighted by Gasteiger charge is -2.22. The molecule has 0 saturated heterocycles. The molecule has 0 radical (unpaired) electrons. The molecule has 0 aromatic rings. The number of ether oxygens (including phenoxy) is 1. The molecule has 0 fully saturated rings. The van der Waals surface area contributed by atoms with Crippen molar-refractivity contribution >= 4 is 11.9 Å². The Balaban J connectivity index is 3.29. The summed E-state index contributed by atoms with van der Waals surface area (Å²) in [5, 5.41) is 23.3. The van der Waals surface area contributed by atoms with E-state index in [2.05, 4.69) is 31.3 Å². The summed E-state index contributed by atoms with van der Waals surface area (Å²) in [4.78, 5) is 24.7. The fourth-order valence-electron chi connectivity index (χ4n) is 13.5. The van der Waals surface area contributed by atoms with Crippen LogP contribution in [0.1, 0.15) is 483 Å². The summed E-state index contributed by atoms with van der Waals surface area (Å²) >= 11 is 0. The minimum Gasteiger partial charge on any atom is -0.466 e. The molecule has 0 rings (SSSR count). The molecule has 2 atom stereocenters. The van der Waals surface area contributed by atoms with Crippen molar-refractivity contribution in [2.45, 2.75) is 495 Å². The van der Waals surface area contributed by atoms with Gasteiger partial charge in [-0.3, -0.25) is 9.59 Å². The minimum atomic E-state index is -0.660. The Morgan fingerprint density at radius 2 is 0.528 bits per heavy atom. The van der Waals surface area contributed by atoms with Crippen molar-refractivity contribution in [3.8, 4) is 0 Å². The predicted octanol–water partition coefficient (Wildman–Crippen LogP) is 27.4. The zero-order valence-electron chi connectivity index (χ0n) is 61.0. The summed E-state index contributed by atoms with van der Waals surface area (Å²) in [7, 11) is 0. The molecule has 530 valence electrons. The normalized spacial score (nSPS) is 12.4. The van der Waals surface area contributed by atoms with Crippen molar-refractivity contribution in [1.82, 2.24) is 5.32 Å². The van der Waals surface area contributed by atoms with Gasteiger partial charge in [0.1, 0.15) is 0 Å². The van der Waals surface area contributed by atoms with Crippen LogP contribution in [0.3, 0.4) is 0 Å². The van der Waals surface area contributed by atoms with E-state index in [0.29, 0.717) is 25.9 Å². The van der Waals surface area contributed by atoms with E-state index in [1.807, 2.05) is 0 Å². The summed E-state index contributed by atoms with van der Waals surface area (Å²) in [5.74, 6) is 0.00155. The van der Waals surface area contributed by atoms with E-state index in [0.717, 1.165) is 38.5 Å². The number of nitrogens with one attached hydrogen (secondary N) is 1. The number of carbonyl (C=O) groups is 2. The molecule has 0 bridgehead atoms. The van der Waals surface area contributed by atoms with Gasteiger partial charge in [-0.15, -0.1) is 0 Å². The van der Waals surface area contributed by atoms with Crippen molar-refractivity contribution in [2.24, 2.45) is 0 Å². The maximum atomic E-state index is 12.5. The molecule has 0 aromatic carbocycles. The van der Waals surface area contributed by atoms with Gasteiger partial charge < -0.3 is 20.3 Å². The van der Waals surface area contributed by atoms with Crippen LogP contribution in [0.2, 0.25) is 0 Å². The van der Waals surface area contributed by atoms with Gasteiger partial charge in [-0.25, -0.2) is 0 Å². The van der Waals surface area contributed by atoms with E-state index in [-0.39, 0.29) is 18.5 Å². The van der Waals surface area contributed by atoms with Crippen molar-refractivity contribution in [1.29, 1.82) is 0 Å². The molecular formula is C83H163NO5. The van der Waals surface area contributed by atoms with Crippen LogP contribution in [0.25, 0.3) is 0 Å². The molecule has 3 N–H and O–H groups in total. The third-order valence-electron chi connectivity index (χ3n) is 19.8. The number of unbranched alkanes of at least 4 members (excludes halogenated alkanes) is 66. The maximum Gasteiger partial charge on any atom is 0.305 e. The highest BCUT2D eigenvalue weighted by atomic mass is 16.5. The SMILES string of the molecule is CCCCCCCCCCCCCCCCCCCCCC(=O)OCCCCCCCCCCCCCCCCCCCC/C=C\CCCCCCCCCCCCCCCCCCCC(=O)NC(CO)C(O)CCCCCCCCCCCCCCCC. The Morgan fingerprint density at radius 1 is 0.303 bits per heavy atom. The van der Waals surface area contributed by atoms with Crippen molar-refractivity contribution in [2.75, 3.05) is 13.2 Å². The lowest BCUT2D eigenvalue weighted by atomic mass is 10.0. The molecule has 0 aliphatic heterocycles. The first-order chi connectivity index (χ1) is 44.0. The van der Waals surface area contributed by atoms with Crippen LogP contribution in [0.5, 0.6) is 0 Å². The van der Waals surface area contributed by atoms with Crippen LogP contribution in [0.15, 0.2) is 12.2 Å². The molecule has 6 heteroatoms. The first kappa shape index (κ1) is 87.6. The number of allylic oxidation sites excluding steroid dienone is 2. The summed E-state index contributed by atoms with van der Waals surface area (Å²) in [6.07, 6.45) is 101. The number of amides is 1. The first-order valence-corrected chi connectivity index (χ1v) is 41.4. The van der Waals surface area contributed by atoms with Gasteiger partial charge in [-0.05, 0) is 51.4 Å². The highest BCUT2D eigenvalue weighted by Crippen LogP contribution is 2.21. The Morgan fingerprint density at radius 3 is 0.798 bits per heavy atom. The molecule has 0 heterocycles. The van der Waals surface area contributed by atoms with Crippen LogP contribution in [-0.2, 0) is 14.3 Å². The summed E-state index contributed by atoms with van der Waals surface area (Å²) < 4.78 is 5.53. The number of aliphatic hydroxyl groups is 2. The minimum absolute atomic E-state index is 0.0270. The van der Waals surface area contributed by atoms with E-state index in [4.69, 9.17) is 4.74 Å². The fourth-order valence-corrected chi connectivity index (χ4v) is 13.5. The van der Waals surface area contributed by atoms with E-state index in [1.54, 1.807) is 0 Å². The number of carbonyl (C=O) groups excluding carboxylic acids is 2. The highest BCUT2D eigenvalue weighted by Gasteiger charge is 2.20. The Bertz CT molecular complexity index is 1350. The molecule has 2 unspecified atom stereocenters. The Labute approximate surface area is 559 Å². The Kier molecular flexibility index (Phi) is 77.8. The predicted molar refractivity (Wildman–Crippen MR) is 394 cm³/mol. The molecular weight excluding hydrogens is 1090 g/mol. The van der Waals surface area contributed by atoms with E-state index < -0.39 is 12.1 Å². The molecule has 89 heavy (non-hydrogen) atoms. The van der Waals surface area contributed by atoms with Crippen LogP contribution >= 0.6 is 0 Å². The molecule has 0 aromatic heterocycles. The van der Waals surface area contributed by atoms with Crippen LogP contribution in [0, 0.1) is 0 Å². The van der Waals surface area contributed by atoms with Crippen molar-refractivity contribution < 1.29 is 24.5 Å². The summed E-state index contributed by atoms with van der Waals surface area (Å²) in [6, 6.07) is -0.537. The van der Waals surface area contributed by atoms with Gasteiger partial charge in [-0.2, -0.15) is 0 Å². The van der Waals surface area contributed by atoms with Gasteiger partial charge in [0.15, 0.2) is 0 Å². The van der Waals surface area contributed by atoms with E-state index in [1.165, 1.54) is 411 Å². The largest absolute Gasteiger partial charge is 0.466 e. The number of rotatable bonds is 79. The van der Waals surface area contributed by atoms with Gasteiger partial charge in [0.2, 0.25) is 5.91 Å². The molecule has 6 nitrogen and oxygen atoms in total. The monoisotopic (exact) mass is 1250 g/mol. The van der Waals surface area contributed by atoms with Crippen molar-refractivity contribution in [3.05, 3.63) is 12.2 Å². The average Bonchev–Trinajstić information content (AvgIpc) is 3.68. The number of hydrogen-bond acceptors (Lipinski definition) is 5. The first-order valence-electron chi connectivity index (χ1n) is 41.4. The van der Waals surface area contributed by atoms with E-state index >= 15 is 0 Å². The van der Waals surface area contributed by atoms with Crippen molar-refractivity contribution in [3.63, 3.8) is 0 Å². The highest BCUT2D eigenvalue weighted by molar-refractivity contribution is 5.76. The second kappa shape index (κ2) is 79.0. The smallest absolute Gasteiger partial charge is 0.305 e. The number of hydrogen-bond donors (Lipinski definition) is 3. The molecule has 1 amide bonds. The second-order valence-corrected chi connectivity index (χ2v) is 28.8. The second-order valence-electron chi connectivity index (χ2n) is 28.8. The maximum absolute atomic E-state index is 12.5. The lowest BCUT2D eigenvalue weighted by molar-refractivity contribution is -0.143. The van der Waals surface area contributed by atoms with Gasteiger partial charge in [-0.1, -0.05) is 431 Å². The number of esters is 1. The third-order valence-corrected chi connectivity index (χ3v) is 19.8. The Hall–Kier alpha value is -1.40. The van der Waals surface area contributed by atoms with Gasteiger partial charge in [0.05, 0.1) is 25.4 Å². The number of aliphatic hydroxyl groups excluding tert-OH is 2. The standard InChI is InChI=1S/C83H163NO5/c1-3-5-7-9-11-13-15-17-19-20-42-46-49-53-57-61-65-69-73-77-83(88)89-78-74-70-66-62-58-54-50-47-44-41-39-37-35-33-31-29-27-25-23-21-22-24-26-28-30-32-34-36-38-40-43-45-48-52-56-60-64-68-72-76-82(87)84-80(79-85)81(86)75-71-67-63-59-55-51-18-16-14-12-10-8-6-4-2/h21-22,80-81,85-86H,3-20,23-79H2,1-2H3,(H,84,87)/b22-21-. The van der Waals surface area contributed by atoms with Gasteiger partial charge in [0, 0.05) is 12.8 Å². The van der Waals surface area contributed by atoms with Gasteiger partial charge >= 0.3 is 5.97 Å². The zero-order chi connectivity index (χ0) is 64.2. The topological polar surface area (TPSA) is 95.9 Å². The third kappa shape index (κ3) is 75.5. The van der Waals surface area contributed by atoms with Crippen LogP contribution in [0.4, 0.5) is 0 Å². The fraction of sp³-hybridized carbons (Fsp3) is 0.952. The summed E-state index contributed by atoms with van der Waals surface area (Å²) in [5.41, 5.74) is 0. The average molecular weight is 1260 g/mol. The lowest BCUT2D eigenvalue weighted by Crippen LogP contribution is -2.45. The van der Waals surface area contributed by atoms with Gasteiger partial charge in [0.25, 0.3) is 0 Å². The quantitative estimate of drug-likeness (QED) is 0.0320. The molecule has 0 aliphatic rings. The van der Waals surface area contributed by atoms with Crippen LogP contribution in [-0.4, -0.2) is 47.4 Å². The van der Waals surface area contributed by atoms with Crippen LogP contribution < -0.4 is 5.32 Å². The summed E-state index contributed by atoms with van der Waals surface area (Å²) in [6.45, 7) is 5.01. The molecule has 0 spiro atoms. The zero-order valence-corrected chi connectivity index (χ0v) is 61.0. The molecule has 0 aliphatic carbocycles. The van der Waals surface area contributed by atoms with E-state index in [9.17, 15) is 19.8 Å².